The van der Waals surface area contributed by atoms with Gasteiger partial charge in [0.25, 0.3) is 0 Å². The molecule has 0 radical (unpaired) electrons. The van der Waals surface area contributed by atoms with Crippen LogP contribution in [0.5, 0.6) is 0 Å². The van der Waals surface area contributed by atoms with E-state index in [1.807, 2.05) is 0 Å². The fourth-order valence-corrected chi connectivity index (χ4v) is 2.02. The molecule has 0 aliphatic heterocycles. The van der Waals surface area contributed by atoms with E-state index in [1.54, 1.807) is 0 Å². The highest BCUT2D eigenvalue weighted by Gasteiger charge is 2.08. The molecule has 1 fully saturated rings. The highest BCUT2D eigenvalue weighted by molar-refractivity contribution is 6.20. The van der Waals surface area contributed by atoms with Crippen molar-refractivity contribution < 1.29 is 4.79 Å². The number of hydrogen-bond acceptors (Lipinski definition) is 1. The molecule has 2 heteroatoms. The summed E-state index contributed by atoms with van der Waals surface area (Å²) in [6.45, 7) is 2.17. The summed E-state index contributed by atoms with van der Waals surface area (Å²) in [6, 6.07) is 0. The summed E-state index contributed by atoms with van der Waals surface area (Å²) < 4.78 is 0. The van der Waals surface area contributed by atoms with Crippen LogP contribution in [0.25, 0.3) is 0 Å². The SMILES string of the molecule is CCCCCCC=O.ClC1CCCCC1. The smallest absolute Gasteiger partial charge is 0.119 e. The predicted molar refractivity (Wildman–Crippen MR) is 67.5 cm³/mol. The van der Waals surface area contributed by atoms with E-state index in [9.17, 15) is 4.79 Å². The van der Waals surface area contributed by atoms with Gasteiger partial charge in [0.15, 0.2) is 0 Å². The monoisotopic (exact) mass is 232 g/mol. The van der Waals surface area contributed by atoms with E-state index in [-0.39, 0.29) is 0 Å². The third-order valence-corrected chi connectivity index (χ3v) is 3.15. The van der Waals surface area contributed by atoms with Gasteiger partial charge < -0.3 is 4.79 Å². The average Bonchev–Trinajstić information content (AvgIpc) is 2.27. The second kappa shape index (κ2) is 12.0. The Bertz CT molecular complexity index is 130. The molecule has 0 amide bonds. The molecule has 1 aliphatic rings. The standard InChI is InChI=1S/C7H14O.C6H11Cl/c1-2-3-4-5-6-7-8;7-6-4-2-1-3-5-6/h7H,2-6H2,1H3;6H,1-5H2. The zero-order valence-corrected chi connectivity index (χ0v) is 10.8. The molecule has 0 atom stereocenters. The zero-order valence-electron chi connectivity index (χ0n) is 10.0. The van der Waals surface area contributed by atoms with E-state index in [4.69, 9.17) is 11.6 Å². The molecule has 0 unspecified atom stereocenters. The van der Waals surface area contributed by atoms with E-state index < -0.39 is 0 Å². The van der Waals surface area contributed by atoms with E-state index in [0.29, 0.717) is 5.38 Å². The molecular formula is C13H25ClO. The number of hydrogen-bond donors (Lipinski definition) is 0. The largest absolute Gasteiger partial charge is 0.303 e. The molecule has 0 heterocycles. The number of rotatable bonds is 5. The van der Waals surface area contributed by atoms with Crippen LogP contribution < -0.4 is 0 Å². The maximum atomic E-state index is 9.77. The lowest BCUT2D eigenvalue weighted by atomic mass is 10.0. The van der Waals surface area contributed by atoms with Crippen LogP contribution in [-0.4, -0.2) is 11.7 Å². The van der Waals surface area contributed by atoms with Crippen LogP contribution in [0.2, 0.25) is 0 Å². The molecule has 1 nitrogen and oxygen atoms in total. The van der Waals surface area contributed by atoms with Crippen LogP contribution in [0, 0.1) is 0 Å². The molecular weight excluding hydrogens is 208 g/mol. The summed E-state index contributed by atoms with van der Waals surface area (Å²) in [4.78, 5) is 9.77. The summed E-state index contributed by atoms with van der Waals surface area (Å²) in [5.41, 5.74) is 0. The average molecular weight is 233 g/mol. The highest BCUT2D eigenvalue weighted by atomic mass is 35.5. The van der Waals surface area contributed by atoms with Crippen LogP contribution in [0.15, 0.2) is 0 Å². The van der Waals surface area contributed by atoms with Gasteiger partial charge in [-0.15, -0.1) is 11.6 Å². The van der Waals surface area contributed by atoms with Gasteiger partial charge >= 0.3 is 0 Å². The third-order valence-electron chi connectivity index (χ3n) is 2.71. The molecule has 0 spiro atoms. The maximum absolute atomic E-state index is 9.77. The van der Waals surface area contributed by atoms with Crippen molar-refractivity contribution in [3.63, 3.8) is 0 Å². The number of aldehydes is 1. The van der Waals surface area contributed by atoms with Gasteiger partial charge in [-0.25, -0.2) is 0 Å². The topological polar surface area (TPSA) is 17.1 Å². The van der Waals surface area contributed by atoms with Gasteiger partial charge in [0.2, 0.25) is 0 Å². The van der Waals surface area contributed by atoms with Crippen molar-refractivity contribution in [1.29, 1.82) is 0 Å². The van der Waals surface area contributed by atoms with Crippen molar-refractivity contribution in [2.45, 2.75) is 76.5 Å². The fraction of sp³-hybridized carbons (Fsp3) is 0.923. The molecule has 0 bridgehead atoms. The van der Waals surface area contributed by atoms with Gasteiger partial charge in [-0.05, 0) is 19.3 Å². The van der Waals surface area contributed by atoms with Crippen LogP contribution in [0.1, 0.15) is 71.1 Å². The fourth-order valence-electron chi connectivity index (χ4n) is 1.71. The van der Waals surface area contributed by atoms with Gasteiger partial charge in [0.1, 0.15) is 6.29 Å². The number of carbonyl (C=O) groups is 1. The summed E-state index contributed by atoms with van der Waals surface area (Å²) >= 11 is 5.82. The second-order valence-corrected chi connectivity index (χ2v) is 4.87. The molecule has 1 rings (SSSR count). The van der Waals surface area contributed by atoms with Crippen molar-refractivity contribution in [3.05, 3.63) is 0 Å². The minimum Gasteiger partial charge on any atom is -0.303 e. The minimum atomic E-state index is 0.508. The molecule has 0 saturated heterocycles. The van der Waals surface area contributed by atoms with Crippen molar-refractivity contribution in [3.8, 4) is 0 Å². The Balaban J connectivity index is 0.000000262. The van der Waals surface area contributed by atoms with Crippen LogP contribution in [0.3, 0.4) is 0 Å². The molecule has 0 aromatic heterocycles. The van der Waals surface area contributed by atoms with Crippen LogP contribution in [0.4, 0.5) is 0 Å². The highest BCUT2D eigenvalue weighted by Crippen LogP contribution is 2.21. The lowest BCUT2D eigenvalue weighted by Gasteiger charge is -2.13. The first kappa shape index (κ1) is 15.0. The Morgan fingerprint density at radius 2 is 1.80 bits per heavy atom. The number of unbranched alkanes of at least 4 members (excludes halogenated alkanes) is 4. The lowest BCUT2D eigenvalue weighted by Crippen LogP contribution is -2.03. The zero-order chi connectivity index (χ0) is 11.4. The van der Waals surface area contributed by atoms with Crippen molar-refractivity contribution in [2.75, 3.05) is 0 Å². The minimum absolute atomic E-state index is 0.508. The van der Waals surface area contributed by atoms with Gasteiger partial charge in [0, 0.05) is 11.8 Å². The Kier molecular flexibility index (Phi) is 12.0. The number of alkyl halides is 1. The van der Waals surface area contributed by atoms with Crippen LogP contribution in [-0.2, 0) is 4.79 Å². The van der Waals surface area contributed by atoms with Gasteiger partial charge in [-0.1, -0.05) is 45.4 Å². The summed E-state index contributed by atoms with van der Waals surface area (Å²) in [7, 11) is 0. The molecule has 0 aromatic carbocycles. The summed E-state index contributed by atoms with van der Waals surface area (Å²) in [6.07, 6.45) is 13.2. The van der Waals surface area contributed by atoms with Crippen molar-refractivity contribution in [2.24, 2.45) is 0 Å². The Morgan fingerprint density at radius 1 is 1.13 bits per heavy atom. The predicted octanol–water partition coefficient (Wildman–Crippen LogP) is 4.71. The summed E-state index contributed by atoms with van der Waals surface area (Å²) in [5, 5.41) is 0.508. The van der Waals surface area contributed by atoms with Crippen LogP contribution >= 0.6 is 11.6 Å². The number of halogens is 1. The molecule has 1 aliphatic carbocycles. The lowest BCUT2D eigenvalue weighted by molar-refractivity contribution is -0.107. The van der Waals surface area contributed by atoms with E-state index in [1.165, 1.54) is 51.4 Å². The first-order valence-electron chi connectivity index (χ1n) is 6.39. The normalized spacial score (nSPS) is 16.7. The van der Waals surface area contributed by atoms with E-state index >= 15 is 0 Å². The van der Waals surface area contributed by atoms with E-state index in [2.05, 4.69) is 6.92 Å². The molecule has 15 heavy (non-hydrogen) atoms. The summed E-state index contributed by atoms with van der Waals surface area (Å²) in [5.74, 6) is 0. The number of carbonyl (C=O) groups excluding carboxylic acids is 1. The Morgan fingerprint density at radius 3 is 2.20 bits per heavy atom. The Hall–Kier alpha value is -0.0400. The van der Waals surface area contributed by atoms with Gasteiger partial charge in [-0.3, -0.25) is 0 Å². The molecule has 1 saturated carbocycles. The third kappa shape index (κ3) is 11.9. The Labute approximate surface area is 99.6 Å². The first-order valence-corrected chi connectivity index (χ1v) is 6.82. The molecule has 0 aromatic rings. The van der Waals surface area contributed by atoms with E-state index in [0.717, 1.165) is 19.1 Å². The molecule has 0 N–H and O–H groups in total. The quantitative estimate of drug-likeness (QED) is 0.381. The second-order valence-electron chi connectivity index (χ2n) is 4.25. The van der Waals surface area contributed by atoms with Gasteiger partial charge in [-0.2, -0.15) is 0 Å². The van der Waals surface area contributed by atoms with Crippen molar-refractivity contribution >= 4 is 17.9 Å². The first-order chi connectivity index (χ1) is 7.31. The van der Waals surface area contributed by atoms with Gasteiger partial charge in [0.05, 0.1) is 0 Å². The van der Waals surface area contributed by atoms with Crippen molar-refractivity contribution in [1.82, 2.24) is 0 Å². The maximum Gasteiger partial charge on any atom is 0.119 e. The molecule has 90 valence electrons.